The molecule has 0 atom stereocenters. The predicted octanol–water partition coefficient (Wildman–Crippen LogP) is 2.97. The van der Waals surface area contributed by atoms with Gasteiger partial charge in [-0.05, 0) is 31.0 Å². The van der Waals surface area contributed by atoms with Gasteiger partial charge in [0.05, 0.1) is 18.8 Å². The van der Waals surface area contributed by atoms with E-state index >= 15 is 0 Å². The van der Waals surface area contributed by atoms with E-state index in [9.17, 15) is 13.2 Å². The molecule has 0 aromatic heterocycles. The number of nitrogens with zero attached hydrogens (tertiary/aromatic N) is 1. The summed E-state index contributed by atoms with van der Waals surface area (Å²) in [5.74, 6) is 0. The predicted molar refractivity (Wildman–Crippen MR) is 67.0 cm³/mol. The Kier molecular flexibility index (Phi) is 4.82. The molecule has 1 fully saturated rings. The van der Waals surface area contributed by atoms with E-state index in [-0.39, 0.29) is 0 Å². The van der Waals surface area contributed by atoms with E-state index in [4.69, 9.17) is 4.74 Å². The maximum Gasteiger partial charge on any atom is 0.416 e. The van der Waals surface area contributed by atoms with Gasteiger partial charge in [0.1, 0.15) is 0 Å². The molecule has 0 spiro atoms. The molecule has 1 aromatic rings. The van der Waals surface area contributed by atoms with Crippen LogP contribution >= 0.6 is 0 Å². The SMILES string of the molecule is FC(F)(F)c1cccc(CCCN2CCOCC2)c1. The van der Waals surface area contributed by atoms with E-state index in [1.807, 2.05) is 0 Å². The Morgan fingerprint density at radius 1 is 1.16 bits per heavy atom. The third-order valence-corrected chi connectivity index (χ3v) is 3.30. The van der Waals surface area contributed by atoms with Crippen LogP contribution in [0.15, 0.2) is 24.3 Å². The van der Waals surface area contributed by atoms with Gasteiger partial charge in [-0.25, -0.2) is 0 Å². The molecule has 1 aliphatic heterocycles. The molecule has 1 saturated heterocycles. The zero-order valence-electron chi connectivity index (χ0n) is 10.7. The molecule has 1 aromatic carbocycles. The number of rotatable bonds is 4. The summed E-state index contributed by atoms with van der Waals surface area (Å²) in [7, 11) is 0. The topological polar surface area (TPSA) is 12.5 Å². The van der Waals surface area contributed by atoms with Crippen LogP contribution in [0.4, 0.5) is 13.2 Å². The molecular formula is C14H18F3NO. The summed E-state index contributed by atoms with van der Waals surface area (Å²) in [5.41, 5.74) is 0.194. The second-order valence-corrected chi connectivity index (χ2v) is 4.76. The van der Waals surface area contributed by atoms with Gasteiger partial charge in [-0.15, -0.1) is 0 Å². The van der Waals surface area contributed by atoms with Gasteiger partial charge in [0.25, 0.3) is 0 Å². The van der Waals surface area contributed by atoms with Crippen LogP contribution in [0.25, 0.3) is 0 Å². The van der Waals surface area contributed by atoms with E-state index in [1.54, 1.807) is 6.07 Å². The minimum atomic E-state index is -4.25. The van der Waals surface area contributed by atoms with Crippen LogP contribution in [0.1, 0.15) is 17.5 Å². The van der Waals surface area contributed by atoms with E-state index < -0.39 is 11.7 Å². The first-order valence-corrected chi connectivity index (χ1v) is 6.52. The molecule has 0 saturated carbocycles. The van der Waals surface area contributed by atoms with Crippen molar-refractivity contribution in [3.63, 3.8) is 0 Å². The molecule has 1 heterocycles. The molecule has 0 radical (unpaired) electrons. The van der Waals surface area contributed by atoms with Crippen LogP contribution in [0.2, 0.25) is 0 Å². The van der Waals surface area contributed by atoms with Gasteiger partial charge < -0.3 is 4.74 Å². The Hall–Kier alpha value is -1.07. The Labute approximate surface area is 111 Å². The highest BCUT2D eigenvalue weighted by Gasteiger charge is 2.30. The molecule has 0 aliphatic carbocycles. The number of alkyl halides is 3. The number of hydrogen-bond acceptors (Lipinski definition) is 2. The van der Waals surface area contributed by atoms with Crippen LogP contribution in [0.5, 0.6) is 0 Å². The van der Waals surface area contributed by atoms with Gasteiger partial charge in [0.15, 0.2) is 0 Å². The lowest BCUT2D eigenvalue weighted by Gasteiger charge is -2.26. The normalized spacial score (nSPS) is 17.6. The monoisotopic (exact) mass is 273 g/mol. The lowest BCUT2D eigenvalue weighted by Crippen LogP contribution is -2.36. The van der Waals surface area contributed by atoms with Crippen molar-refractivity contribution in [3.8, 4) is 0 Å². The molecule has 0 unspecified atom stereocenters. The number of benzene rings is 1. The Morgan fingerprint density at radius 2 is 1.89 bits per heavy atom. The van der Waals surface area contributed by atoms with Crippen molar-refractivity contribution in [2.75, 3.05) is 32.8 Å². The fourth-order valence-corrected chi connectivity index (χ4v) is 2.23. The van der Waals surface area contributed by atoms with Crippen molar-refractivity contribution in [2.24, 2.45) is 0 Å². The van der Waals surface area contributed by atoms with E-state index in [1.165, 1.54) is 12.1 Å². The van der Waals surface area contributed by atoms with Crippen molar-refractivity contribution in [1.29, 1.82) is 0 Å². The van der Waals surface area contributed by atoms with Crippen LogP contribution in [0.3, 0.4) is 0 Å². The summed E-state index contributed by atoms with van der Waals surface area (Å²) in [5, 5.41) is 0. The summed E-state index contributed by atoms with van der Waals surface area (Å²) in [6.07, 6.45) is -2.69. The zero-order valence-corrected chi connectivity index (χ0v) is 10.7. The fraction of sp³-hybridized carbons (Fsp3) is 0.571. The number of halogens is 3. The first-order valence-electron chi connectivity index (χ1n) is 6.52. The standard InChI is InChI=1S/C14H18F3NO/c15-14(16,17)13-5-1-3-12(11-13)4-2-6-18-7-9-19-10-8-18/h1,3,5,11H,2,4,6-10H2. The number of hydrogen-bond donors (Lipinski definition) is 0. The molecule has 19 heavy (non-hydrogen) atoms. The molecule has 2 rings (SSSR count). The highest BCUT2D eigenvalue weighted by molar-refractivity contribution is 5.25. The van der Waals surface area contributed by atoms with Crippen molar-refractivity contribution in [1.82, 2.24) is 4.90 Å². The van der Waals surface area contributed by atoms with Gasteiger partial charge in [0.2, 0.25) is 0 Å². The molecular weight excluding hydrogens is 255 g/mol. The minimum absolute atomic E-state index is 0.559. The molecule has 1 aliphatic rings. The van der Waals surface area contributed by atoms with Gasteiger partial charge >= 0.3 is 6.18 Å². The Morgan fingerprint density at radius 3 is 2.58 bits per heavy atom. The van der Waals surface area contributed by atoms with Gasteiger partial charge in [-0.1, -0.05) is 18.2 Å². The van der Waals surface area contributed by atoms with Crippen LogP contribution in [-0.2, 0) is 17.3 Å². The maximum atomic E-state index is 12.6. The molecule has 0 N–H and O–H groups in total. The van der Waals surface area contributed by atoms with Crippen molar-refractivity contribution in [2.45, 2.75) is 19.0 Å². The largest absolute Gasteiger partial charge is 0.416 e. The van der Waals surface area contributed by atoms with Crippen LogP contribution in [0, 0.1) is 0 Å². The van der Waals surface area contributed by atoms with Crippen molar-refractivity contribution < 1.29 is 17.9 Å². The van der Waals surface area contributed by atoms with Crippen LogP contribution < -0.4 is 0 Å². The third-order valence-electron chi connectivity index (χ3n) is 3.30. The molecule has 106 valence electrons. The maximum absolute atomic E-state index is 12.6. The lowest BCUT2D eigenvalue weighted by molar-refractivity contribution is -0.137. The van der Waals surface area contributed by atoms with E-state index in [0.29, 0.717) is 6.42 Å². The summed E-state index contributed by atoms with van der Waals surface area (Å²) >= 11 is 0. The second-order valence-electron chi connectivity index (χ2n) is 4.76. The number of morpholine rings is 1. The average Bonchev–Trinajstić information content (AvgIpc) is 2.39. The van der Waals surface area contributed by atoms with Crippen LogP contribution in [-0.4, -0.2) is 37.7 Å². The van der Waals surface area contributed by atoms with Crippen molar-refractivity contribution >= 4 is 0 Å². The second kappa shape index (κ2) is 6.39. The molecule has 0 amide bonds. The summed E-state index contributed by atoms with van der Waals surface area (Å²) in [6, 6.07) is 5.60. The Bertz CT molecular complexity index is 400. The number of aryl methyl sites for hydroxylation is 1. The zero-order chi connectivity index (χ0) is 13.7. The highest BCUT2D eigenvalue weighted by Crippen LogP contribution is 2.29. The fourth-order valence-electron chi connectivity index (χ4n) is 2.23. The quantitative estimate of drug-likeness (QED) is 0.836. The lowest BCUT2D eigenvalue weighted by atomic mass is 10.1. The summed E-state index contributed by atoms with van der Waals surface area (Å²) in [4.78, 5) is 2.29. The molecule has 0 bridgehead atoms. The first kappa shape index (κ1) is 14.3. The van der Waals surface area contributed by atoms with Gasteiger partial charge in [0, 0.05) is 13.1 Å². The van der Waals surface area contributed by atoms with E-state index in [0.717, 1.165) is 50.9 Å². The van der Waals surface area contributed by atoms with E-state index in [2.05, 4.69) is 4.90 Å². The summed E-state index contributed by atoms with van der Waals surface area (Å²) < 4.78 is 42.9. The molecule has 5 heteroatoms. The highest BCUT2D eigenvalue weighted by atomic mass is 19.4. The first-order chi connectivity index (χ1) is 9.05. The smallest absolute Gasteiger partial charge is 0.379 e. The van der Waals surface area contributed by atoms with Crippen molar-refractivity contribution in [3.05, 3.63) is 35.4 Å². The Balaban J connectivity index is 1.82. The van der Waals surface area contributed by atoms with Gasteiger partial charge in [-0.3, -0.25) is 4.90 Å². The minimum Gasteiger partial charge on any atom is -0.379 e. The summed E-state index contributed by atoms with van der Waals surface area (Å²) in [6.45, 7) is 4.26. The number of ether oxygens (including phenoxy) is 1. The average molecular weight is 273 g/mol. The third kappa shape index (κ3) is 4.51. The molecule has 2 nitrogen and oxygen atoms in total. The van der Waals surface area contributed by atoms with Gasteiger partial charge in [-0.2, -0.15) is 13.2 Å².